The van der Waals surface area contributed by atoms with Crippen LogP contribution in [0.15, 0.2) is 6.33 Å². The molecule has 0 aliphatic carbocycles. The van der Waals surface area contributed by atoms with E-state index >= 15 is 0 Å². The zero-order chi connectivity index (χ0) is 13.0. The third-order valence-electron chi connectivity index (χ3n) is 3.93. The van der Waals surface area contributed by atoms with Gasteiger partial charge in [-0.15, -0.1) is 10.2 Å². The van der Waals surface area contributed by atoms with E-state index in [1.807, 2.05) is 11.6 Å². The van der Waals surface area contributed by atoms with Crippen molar-refractivity contribution in [3.05, 3.63) is 12.2 Å². The second kappa shape index (κ2) is 5.80. The second-order valence-electron chi connectivity index (χ2n) is 5.40. The number of ether oxygens (including phenoxy) is 1. The van der Waals surface area contributed by atoms with Gasteiger partial charge in [0, 0.05) is 32.7 Å². The predicted molar refractivity (Wildman–Crippen MR) is 70.4 cm³/mol. The van der Waals surface area contributed by atoms with Crippen LogP contribution < -0.4 is 5.32 Å². The molecule has 1 aliphatic heterocycles. The number of rotatable bonds is 5. The first-order valence-corrected chi connectivity index (χ1v) is 6.83. The summed E-state index contributed by atoms with van der Waals surface area (Å²) < 4.78 is 7.82. The minimum Gasteiger partial charge on any atom is -0.375 e. The predicted octanol–water partition coefficient (Wildman–Crippen LogP) is 1.29. The number of aromatic nitrogens is 3. The summed E-state index contributed by atoms with van der Waals surface area (Å²) in [6, 6.07) is 0.567. The lowest BCUT2D eigenvalue weighted by Crippen LogP contribution is -2.45. The van der Waals surface area contributed by atoms with Gasteiger partial charge >= 0.3 is 0 Å². The lowest BCUT2D eigenvalue weighted by molar-refractivity contribution is -0.0778. The van der Waals surface area contributed by atoms with Crippen LogP contribution in [-0.2, 0) is 18.2 Å². The van der Waals surface area contributed by atoms with Crippen molar-refractivity contribution in [1.82, 2.24) is 20.1 Å². The molecule has 0 aromatic carbocycles. The van der Waals surface area contributed by atoms with Crippen LogP contribution in [0.2, 0.25) is 0 Å². The van der Waals surface area contributed by atoms with Crippen molar-refractivity contribution >= 4 is 0 Å². The number of aryl methyl sites for hydroxylation is 1. The first-order valence-electron chi connectivity index (χ1n) is 6.83. The Morgan fingerprint density at radius 3 is 3.11 bits per heavy atom. The molecular formula is C13H24N4O. The van der Waals surface area contributed by atoms with E-state index in [0.717, 1.165) is 44.7 Å². The lowest BCUT2D eigenvalue weighted by atomic mass is 9.90. The zero-order valence-electron chi connectivity index (χ0n) is 11.6. The van der Waals surface area contributed by atoms with E-state index in [1.165, 1.54) is 0 Å². The minimum atomic E-state index is 0.0562. The summed E-state index contributed by atoms with van der Waals surface area (Å²) in [6.07, 6.45) is 5.96. The summed E-state index contributed by atoms with van der Waals surface area (Å²) in [5.41, 5.74) is 0.0562. The smallest absolute Gasteiger partial charge is 0.133 e. The molecule has 1 aromatic rings. The molecule has 2 rings (SSSR count). The maximum atomic E-state index is 5.85. The Morgan fingerprint density at radius 2 is 2.44 bits per heavy atom. The highest BCUT2D eigenvalue weighted by Crippen LogP contribution is 2.27. The summed E-state index contributed by atoms with van der Waals surface area (Å²) >= 11 is 0. The first kappa shape index (κ1) is 13.5. The summed E-state index contributed by atoms with van der Waals surface area (Å²) in [5, 5.41) is 11.6. The van der Waals surface area contributed by atoms with Crippen molar-refractivity contribution < 1.29 is 4.74 Å². The van der Waals surface area contributed by atoms with Crippen LogP contribution in [0, 0.1) is 0 Å². The summed E-state index contributed by atoms with van der Waals surface area (Å²) in [7, 11) is 1.98. The van der Waals surface area contributed by atoms with Gasteiger partial charge in [-0.25, -0.2) is 0 Å². The molecular weight excluding hydrogens is 228 g/mol. The summed E-state index contributed by atoms with van der Waals surface area (Å²) in [6.45, 7) is 6.23. The molecule has 18 heavy (non-hydrogen) atoms. The quantitative estimate of drug-likeness (QED) is 0.858. The Balaban J connectivity index is 1.75. The van der Waals surface area contributed by atoms with Crippen molar-refractivity contribution in [1.29, 1.82) is 0 Å². The van der Waals surface area contributed by atoms with Crippen LogP contribution in [0.4, 0.5) is 0 Å². The van der Waals surface area contributed by atoms with Gasteiger partial charge in [0.25, 0.3) is 0 Å². The molecule has 2 unspecified atom stereocenters. The molecule has 2 atom stereocenters. The average Bonchev–Trinajstić information content (AvgIpc) is 2.76. The van der Waals surface area contributed by atoms with Crippen molar-refractivity contribution in [2.24, 2.45) is 7.05 Å². The van der Waals surface area contributed by atoms with Gasteiger partial charge in [-0.3, -0.25) is 0 Å². The van der Waals surface area contributed by atoms with Crippen molar-refractivity contribution in [3.63, 3.8) is 0 Å². The van der Waals surface area contributed by atoms with Crippen molar-refractivity contribution in [2.75, 3.05) is 13.2 Å². The minimum absolute atomic E-state index is 0.0562. The van der Waals surface area contributed by atoms with E-state index in [-0.39, 0.29) is 5.60 Å². The van der Waals surface area contributed by atoms with Crippen LogP contribution in [-0.4, -0.2) is 39.6 Å². The molecule has 1 saturated heterocycles. The van der Waals surface area contributed by atoms with Gasteiger partial charge in [0.05, 0.1) is 5.60 Å². The first-order chi connectivity index (χ1) is 8.63. The van der Waals surface area contributed by atoms with Gasteiger partial charge in [-0.05, 0) is 26.2 Å². The van der Waals surface area contributed by atoms with Crippen molar-refractivity contribution in [2.45, 2.75) is 51.2 Å². The third kappa shape index (κ3) is 3.29. The Bertz CT molecular complexity index is 379. The molecule has 0 radical (unpaired) electrons. The molecule has 5 heteroatoms. The molecule has 2 heterocycles. The Morgan fingerprint density at radius 1 is 1.61 bits per heavy atom. The Hall–Kier alpha value is -0.940. The van der Waals surface area contributed by atoms with Crippen LogP contribution in [0.3, 0.4) is 0 Å². The van der Waals surface area contributed by atoms with E-state index in [0.29, 0.717) is 6.04 Å². The second-order valence-corrected chi connectivity index (χ2v) is 5.40. The molecule has 0 saturated carbocycles. The highest BCUT2D eigenvalue weighted by Gasteiger charge is 2.31. The van der Waals surface area contributed by atoms with E-state index in [4.69, 9.17) is 4.74 Å². The molecule has 1 N–H and O–H groups in total. The van der Waals surface area contributed by atoms with E-state index in [9.17, 15) is 0 Å². The highest BCUT2D eigenvalue weighted by atomic mass is 16.5. The molecule has 0 amide bonds. The molecule has 0 bridgehead atoms. The van der Waals surface area contributed by atoms with Crippen LogP contribution >= 0.6 is 0 Å². The van der Waals surface area contributed by atoms with Gasteiger partial charge < -0.3 is 14.6 Å². The summed E-state index contributed by atoms with van der Waals surface area (Å²) in [4.78, 5) is 0. The average molecular weight is 252 g/mol. The van der Waals surface area contributed by atoms with E-state index in [1.54, 1.807) is 6.33 Å². The molecule has 1 aliphatic rings. The number of hydrogen-bond donors (Lipinski definition) is 1. The lowest BCUT2D eigenvalue weighted by Gasteiger charge is -2.38. The molecule has 1 fully saturated rings. The number of hydrogen-bond acceptors (Lipinski definition) is 4. The van der Waals surface area contributed by atoms with Gasteiger partial charge in [-0.1, -0.05) is 6.92 Å². The zero-order valence-corrected chi connectivity index (χ0v) is 11.6. The third-order valence-corrected chi connectivity index (χ3v) is 3.93. The fourth-order valence-electron chi connectivity index (χ4n) is 2.47. The molecule has 102 valence electrons. The Labute approximate surface area is 109 Å². The molecule has 5 nitrogen and oxygen atoms in total. The normalized spacial score (nSPS) is 28.5. The maximum Gasteiger partial charge on any atom is 0.133 e. The van der Waals surface area contributed by atoms with E-state index in [2.05, 4.69) is 29.4 Å². The van der Waals surface area contributed by atoms with Crippen LogP contribution in [0.5, 0.6) is 0 Å². The standard InChI is InChI=1S/C13H24N4O/c1-4-13(2)9-11(6-8-18-13)14-7-5-12-16-15-10-17(12)3/h10-11,14H,4-9H2,1-3H3. The fourth-order valence-corrected chi connectivity index (χ4v) is 2.47. The fraction of sp³-hybridized carbons (Fsp3) is 0.846. The molecule has 0 spiro atoms. The topological polar surface area (TPSA) is 52.0 Å². The van der Waals surface area contributed by atoms with E-state index < -0.39 is 0 Å². The van der Waals surface area contributed by atoms with Gasteiger partial charge in [0.1, 0.15) is 12.2 Å². The van der Waals surface area contributed by atoms with Crippen LogP contribution in [0.1, 0.15) is 38.9 Å². The van der Waals surface area contributed by atoms with Gasteiger partial charge in [0.15, 0.2) is 0 Å². The van der Waals surface area contributed by atoms with Crippen molar-refractivity contribution in [3.8, 4) is 0 Å². The number of nitrogens with one attached hydrogen (secondary N) is 1. The SMILES string of the molecule is CCC1(C)CC(NCCc2nncn2C)CCO1. The maximum absolute atomic E-state index is 5.85. The number of nitrogens with zero attached hydrogens (tertiary/aromatic N) is 3. The largest absolute Gasteiger partial charge is 0.375 e. The summed E-state index contributed by atoms with van der Waals surface area (Å²) in [5.74, 6) is 1.04. The van der Waals surface area contributed by atoms with Crippen LogP contribution in [0.25, 0.3) is 0 Å². The van der Waals surface area contributed by atoms with Gasteiger partial charge in [0.2, 0.25) is 0 Å². The highest BCUT2D eigenvalue weighted by molar-refractivity contribution is 4.88. The monoisotopic (exact) mass is 252 g/mol. The molecule has 1 aromatic heterocycles. The van der Waals surface area contributed by atoms with Gasteiger partial charge in [-0.2, -0.15) is 0 Å². The Kier molecular flexibility index (Phi) is 4.35.